The number of rotatable bonds is 4. The number of carboxylic acid groups (broad SMARTS) is 1. The summed E-state index contributed by atoms with van der Waals surface area (Å²) in [5, 5.41) is 17.1. The lowest BCUT2D eigenvalue weighted by atomic mass is 10.0. The average molecular weight is 271 g/mol. The fourth-order valence-corrected chi connectivity index (χ4v) is 2.37. The lowest BCUT2D eigenvalue weighted by Crippen LogP contribution is -2.06. The summed E-state index contributed by atoms with van der Waals surface area (Å²) in [5.74, 6) is -0.307. The number of hydrogen-bond donors (Lipinski definition) is 1. The van der Waals surface area contributed by atoms with Crippen molar-refractivity contribution in [1.29, 1.82) is 0 Å². The van der Waals surface area contributed by atoms with E-state index in [0.29, 0.717) is 5.92 Å². The Morgan fingerprint density at radius 1 is 1.40 bits per heavy atom. The van der Waals surface area contributed by atoms with Gasteiger partial charge in [-0.25, -0.2) is 9.48 Å². The summed E-state index contributed by atoms with van der Waals surface area (Å²) in [7, 11) is 0. The zero-order chi connectivity index (χ0) is 14.3. The minimum Gasteiger partial charge on any atom is -0.476 e. The number of nitrogens with zero attached hydrogens (tertiary/aromatic N) is 3. The van der Waals surface area contributed by atoms with Gasteiger partial charge in [0.05, 0.1) is 11.4 Å². The molecular formula is C15H17N3O2. The fourth-order valence-electron chi connectivity index (χ4n) is 2.37. The minimum absolute atomic E-state index is 0.0856. The van der Waals surface area contributed by atoms with Crippen LogP contribution in [-0.4, -0.2) is 26.1 Å². The fraction of sp³-hybridized carbons (Fsp3) is 0.400. The number of benzene rings is 1. The molecule has 0 spiro atoms. The van der Waals surface area contributed by atoms with Crippen molar-refractivity contribution in [2.75, 3.05) is 0 Å². The molecule has 0 saturated heterocycles. The quantitative estimate of drug-likeness (QED) is 0.928. The van der Waals surface area contributed by atoms with Crippen LogP contribution in [0.3, 0.4) is 0 Å². The molecule has 0 bridgehead atoms. The summed E-state index contributed by atoms with van der Waals surface area (Å²) in [6, 6.07) is 8.04. The topological polar surface area (TPSA) is 68.0 Å². The molecule has 0 aliphatic heterocycles. The van der Waals surface area contributed by atoms with E-state index in [4.69, 9.17) is 0 Å². The molecule has 1 heterocycles. The van der Waals surface area contributed by atoms with Crippen molar-refractivity contribution in [1.82, 2.24) is 15.0 Å². The smallest absolute Gasteiger partial charge is 0.358 e. The molecule has 20 heavy (non-hydrogen) atoms. The Morgan fingerprint density at radius 3 is 2.75 bits per heavy atom. The third kappa shape index (κ3) is 2.19. The lowest BCUT2D eigenvalue weighted by molar-refractivity contribution is 0.0689. The molecule has 5 nitrogen and oxygen atoms in total. The van der Waals surface area contributed by atoms with E-state index in [1.54, 1.807) is 4.68 Å². The number of aromatic nitrogens is 3. The van der Waals surface area contributed by atoms with Crippen molar-refractivity contribution in [3.8, 4) is 5.69 Å². The lowest BCUT2D eigenvalue weighted by Gasteiger charge is -2.10. The molecule has 1 aromatic carbocycles. The van der Waals surface area contributed by atoms with E-state index in [-0.39, 0.29) is 11.6 Å². The first kappa shape index (κ1) is 12.8. The van der Waals surface area contributed by atoms with Gasteiger partial charge < -0.3 is 5.11 Å². The molecule has 0 unspecified atom stereocenters. The van der Waals surface area contributed by atoms with E-state index in [1.807, 2.05) is 12.1 Å². The first-order chi connectivity index (χ1) is 9.58. The Labute approximate surface area is 117 Å². The van der Waals surface area contributed by atoms with E-state index >= 15 is 0 Å². The summed E-state index contributed by atoms with van der Waals surface area (Å²) >= 11 is 0. The van der Waals surface area contributed by atoms with Crippen LogP contribution in [0, 0.1) is 0 Å². The number of carboxylic acids is 1. The van der Waals surface area contributed by atoms with Gasteiger partial charge in [0, 0.05) is 5.92 Å². The Balaban J connectivity index is 2.10. The molecule has 0 radical (unpaired) electrons. The van der Waals surface area contributed by atoms with Gasteiger partial charge in [-0.05, 0) is 36.5 Å². The SMILES string of the molecule is CC(C)c1cccc(-n2nnc(C(=O)O)c2C2CC2)c1. The van der Waals surface area contributed by atoms with Crippen LogP contribution in [0.5, 0.6) is 0 Å². The van der Waals surface area contributed by atoms with E-state index in [9.17, 15) is 9.90 Å². The van der Waals surface area contributed by atoms with Gasteiger partial charge in [-0.15, -0.1) is 5.10 Å². The van der Waals surface area contributed by atoms with Gasteiger partial charge in [-0.2, -0.15) is 0 Å². The summed E-state index contributed by atoms with van der Waals surface area (Å²) in [6.45, 7) is 4.26. The highest BCUT2D eigenvalue weighted by atomic mass is 16.4. The highest BCUT2D eigenvalue weighted by molar-refractivity contribution is 5.87. The van der Waals surface area contributed by atoms with Crippen molar-refractivity contribution < 1.29 is 9.90 Å². The Morgan fingerprint density at radius 2 is 2.15 bits per heavy atom. The first-order valence-electron chi connectivity index (χ1n) is 6.87. The van der Waals surface area contributed by atoms with Crippen LogP contribution >= 0.6 is 0 Å². The van der Waals surface area contributed by atoms with Crippen molar-refractivity contribution in [3.05, 3.63) is 41.2 Å². The summed E-state index contributed by atoms with van der Waals surface area (Å²) in [6.07, 6.45) is 2.02. The van der Waals surface area contributed by atoms with E-state index in [1.165, 1.54) is 5.56 Å². The van der Waals surface area contributed by atoms with Gasteiger partial charge in [-0.1, -0.05) is 31.2 Å². The second kappa shape index (κ2) is 4.74. The van der Waals surface area contributed by atoms with E-state index in [2.05, 4.69) is 36.3 Å². The van der Waals surface area contributed by atoms with Crippen molar-refractivity contribution >= 4 is 5.97 Å². The number of aromatic carboxylic acids is 1. The Hall–Kier alpha value is -2.17. The second-order valence-corrected chi connectivity index (χ2v) is 5.56. The van der Waals surface area contributed by atoms with Crippen molar-refractivity contribution in [3.63, 3.8) is 0 Å². The van der Waals surface area contributed by atoms with Gasteiger partial charge in [-0.3, -0.25) is 0 Å². The predicted molar refractivity (Wildman–Crippen MR) is 74.4 cm³/mol. The van der Waals surface area contributed by atoms with Gasteiger partial charge in [0.15, 0.2) is 5.69 Å². The Bertz CT molecular complexity index is 657. The molecule has 5 heteroatoms. The van der Waals surface area contributed by atoms with Gasteiger partial charge in [0.2, 0.25) is 0 Å². The summed E-state index contributed by atoms with van der Waals surface area (Å²) in [5.41, 5.74) is 2.91. The maximum atomic E-state index is 11.3. The highest BCUT2D eigenvalue weighted by Crippen LogP contribution is 2.42. The molecular weight excluding hydrogens is 254 g/mol. The van der Waals surface area contributed by atoms with Crippen molar-refractivity contribution in [2.24, 2.45) is 0 Å². The van der Waals surface area contributed by atoms with Crippen LogP contribution in [0.2, 0.25) is 0 Å². The molecule has 1 aliphatic carbocycles. The minimum atomic E-state index is -1.00. The molecule has 1 fully saturated rings. The molecule has 0 atom stereocenters. The molecule has 3 rings (SSSR count). The molecule has 2 aromatic rings. The summed E-state index contributed by atoms with van der Waals surface area (Å²) in [4.78, 5) is 11.3. The maximum absolute atomic E-state index is 11.3. The van der Waals surface area contributed by atoms with Gasteiger partial charge in [0.1, 0.15) is 0 Å². The van der Waals surface area contributed by atoms with E-state index in [0.717, 1.165) is 24.2 Å². The molecule has 1 aromatic heterocycles. The monoisotopic (exact) mass is 271 g/mol. The van der Waals surface area contributed by atoms with Crippen LogP contribution < -0.4 is 0 Å². The van der Waals surface area contributed by atoms with Gasteiger partial charge >= 0.3 is 5.97 Å². The normalized spacial score (nSPS) is 14.8. The highest BCUT2D eigenvalue weighted by Gasteiger charge is 2.34. The number of carbonyl (C=O) groups is 1. The van der Waals surface area contributed by atoms with Crippen LogP contribution in [-0.2, 0) is 0 Å². The zero-order valence-electron chi connectivity index (χ0n) is 11.6. The maximum Gasteiger partial charge on any atom is 0.358 e. The van der Waals surface area contributed by atoms with Crippen LogP contribution in [0.4, 0.5) is 0 Å². The molecule has 1 aliphatic rings. The van der Waals surface area contributed by atoms with Crippen molar-refractivity contribution in [2.45, 2.75) is 38.5 Å². The van der Waals surface area contributed by atoms with Crippen LogP contribution in [0.25, 0.3) is 5.69 Å². The van der Waals surface area contributed by atoms with Crippen LogP contribution in [0.1, 0.15) is 60.3 Å². The first-order valence-corrected chi connectivity index (χ1v) is 6.87. The largest absolute Gasteiger partial charge is 0.476 e. The zero-order valence-corrected chi connectivity index (χ0v) is 11.6. The standard InChI is InChI=1S/C15H17N3O2/c1-9(2)11-4-3-5-12(8-11)18-14(10-6-7-10)13(15(19)20)16-17-18/h3-5,8-10H,6-7H2,1-2H3,(H,19,20). The molecule has 1 N–H and O–H groups in total. The third-order valence-corrected chi connectivity index (χ3v) is 3.65. The molecule has 104 valence electrons. The van der Waals surface area contributed by atoms with Crippen LogP contribution in [0.15, 0.2) is 24.3 Å². The third-order valence-electron chi connectivity index (χ3n) is 3.65. The number of hydrogen-bond acceptors (Lipinski definition) is 3. The molecule has 1 saturated carbocycles. The van der Waals surface area contributed by atoms with Gasteiger partial charge in [0.25, 0.3) is 0 Å². The molecule has 0 amide bonds. The predicted octanol–water partition coefficient (Wildman–Crippen LogP) is 2.97. The Kier molecular flexibility index (Phi) is 3.04. The van der Waals surface area contributed by atoms with E-state index < -0.39 is 5.97 Å². The summed E-state index contributed by atoms with van der Waals surface area (Å²) < 4.78 is 1.69. The average Bonchev–Trinajstić information content (AvgIpc) is 3.16. The second-order valence-electron chi connectivity index (χ2n) is 5.56.